The Morgan fingerprint density at radius 3 is 2.72 bits per heavy atom. The number of aryl methyl sites for hydroxylation is 1. The van der Waals surface area contributed by atoms with Crippen molar-refractivity contribution < 1.29 is 9.47 Å². The minimum absolute atomic E-state index is 0.617. The zero-order valence-electron chi connectivity index (χ0n) is 10.7. The summed E-state index contributed by atoms with van der Waals surface area (Å²) in [5, 5.41) is 0. The summed E-state index contributed by atoms with van der Waals surface area (Å²) in [5.74, 6) is 2.68. The maximum atomic E-state index is 5.57. The molecule has 1 aromatic carbocycles. The maximum Gasteiger partial charge on any atom is 0.163 e. The van der Waals surface area contributed by atoms with E-state index in [1.165, 1.54) is 19.3 Å². The highest BCUT2D eigenvalue weighted by atomic mass is 16.6. The van der Waals surface area contributed by atoms with Crippen molar-refractivity contribution in [2.75, 3.05) is 13.2 Å². The number of imidazole rings is 1. The molecule has 1 aromatic heterocycles. The van der Waals surface area contributed by atoms with Gasteiger partial charge < -0.3 is 14.5 Å². The topological polar surface area (TPSA) is 47.1 Å². The third-order valence-corrected chi connectivity index (χ3v) is 3.21. The quantitative estimate of drug-likeness (QED) is 0.843. The van der Waals surface area contributed by atoms with Crippen LogP contribution < -0.4 is 9.47 Å². The third-order valence-electron chi connectivity index (χ3n) is 3.21. The number of hydrogen-bond donors (Lipinski definition) is 1. The molecule has 4 heteroatoms. The standard InChI is InChI=1S/C14H18N2O2/c1-2-3-4-5-14-15-10-8-12-13(9-11(10)16-14)18-7-6-17-12/h8-9H,2-7H2,1H3,(H,15,16). The Morgan fingerprint density at radius 1 is 1.17 bits per heavy atom. The van der Waals surface area contributed by atoms with Gasteiger partial charge in [0.1, 0.15) is 19.0 Å². The average Bonchev–Trinajstić information content (AvgIpc) is 2.77. The maximum absolute atomic E-state index is 5.57. The molecule has 0 saturated carbocycles. The molecule has 1 aliphatic rings. The van der Waals surface area contributed by atoms with Crippen molar-refractivity contribution in [3.63, 3.8) is 0 Å². The Bertz CT molecular complexity index is 505. The van der Waals surface area contributed by atoms with Crippen LogP contribution in [0.5, 0.6) is 11.5 Å². The van der Waals surface area contributed by atoms with E-state index < -0.39 is 0 Å². The predicted octanol–water partition coefficient (Wildman–Crippen LogP) is 3.07. The monoisotopic (exact) mass is 246 g/mol. The van der Waals surface area contributed by atoms with Gasteiger partial charge in [-0.25, -0.2) is 4.98 Å². The molecule has 0 fully saturated rings. The normalized spacial score (nSPS) is 14.1. The second kappa shape index (κ2) is 4.88. The van der Waals surface area contributed by atoms with Gasteiger partial charge in [-0.15, -0.1) is 0 Å². The lowest BCUT2D eigenvalue weighted by Crippen LogP contribution is -2.15. The van der Waals surface area contributed by atoms with E-state index in [9.17, 15) is 0 Å². The molecule has 2 aromatic rings. The van der Waals surface area contributed by atoms with Crippen molar-refractivity contribution in [2.45, 2.75) is 32.6 Å². The van der Waals surface area contributed by atoms with Crippen LogP contribution >= 0.6 is 0 Å². The molecule has 1 aliphatic heterocycles. The highest BCUT2D eigenvalue weighted by Crippen LogP contribution is 2.33. The molecule has 0 radical (unpaired) electrons. The number of ether oxygens (including phenoxy) is 2. The van der Waals surface area contributed by atoms with Gasteiger partial charge in [0.25, 0.3) is 0 Å². The molecular weight excluding hydrogens is 228 g/mol. The summed E-state index contributed by atoms with van der Waals surface area (Å²) in [7, 11) is 0. The first-order valence-corrected chi connectivity index (χ1v) is 6.65. The van der Waals surface area contributed by atoms with E-state index in [1.807, 2.05) is 12.1 Å². The van der Waals surface area contributed by atoms with Crippen LogP contribution in [0, 0.1) is 0 Å². The fraction of sp³-hybridized carbons (Fsp3) is 0.500. The minimum atomic E-state index is 0.617. The molecule has 0 atom stereocenters. The molecule has 0 unspecified atom stereocenters. The Kier molecular flexibility index (Phi) is 3.09. The van der Waals surface area contributed by atoms with Crippen molar-refractivity contribution in [3.05, 3.63) is 18.0 Å². The third kappa shape index (κ3) is 2.15. The smallest absolute Gasteiger partial charge is 0.163 e. The number of rotatable bonds is 4. The van der Waals surface area contributed by atoms with Crippen LogP contribution in [0.25, 0.3) is 11.0 Å². The van der Waals surface area contributed by atoms with Crippen molar-refractivity contribution in [2.24, 2.45) is 0 Å². The summed E-state index contributed by atoms with van der Waals surface area (Å²) in [5.41, 5.74) is 2.00. The molecule has 1 N–H and O–H groups in total. The molecule has 4 nitrogen and oxygen atoms in total. The lowest BCUT2D eigenvalue weighted by molar-refractivity contribution is 0.172. The van der Waals surface area contributed by atoms with Crippen LogP contribution in [0.15, 0.2) is 12.1 Å². The van der Waals surface area contributed by atoms with Gasteiger partial charge in [0.15, 0.2) is 11.5 Å². The molecule has 18 heavy (non-hydrogen) atoms. The van der Waals surface area contributed by atoms with E-state index in [1.54, 1.807) is 0 Å². The predicted molar refractivity (Wildman–Crippen MR) is 70.3 cm³/mol. The summed E-state index contributed by atoms with van der Waals surface area (Å²) < 4.78 is 11.1. The van der Waals surface area contributed by atoms with Crippen molar-refractivity contribution in [1.82, 2.24) is 9.97 Å². The van der Waals surface area contributed by atoms with Gasteiger partial charge in [-0.1, -0.05) is 19.8 Å². The number of unbranched alkanes of at least 4 members (excludes halogenated alkanes) is 2. The number of aromatic nitrogens is 2. The van der Waals surface area contributed by atoms with E-state index in [4.69, 9.17) is 9.47 Å². The molecule has 0 bridgehead atoms. The summed E-state index contributed by atoms with van der Waals surface area (Å²) in [6.45, 7) is 3.45. The van der Waals surface area contributed by atoms with Crippen LogP contribution in [-0.2, 0) is 6.42 Å². The van der Waals surface area contributed by atoms with E-state index in [-0.39, 0.29) is 0 Å². The number of fused-ring (bicyclic) bond motifs is 2. The average molecular weight is 246 g/mol. The number of H-pyrrole nitrogens is 1. The second-order valence-corrected chi connectivity index (χ2v) is 4.65. The summed E-state index contributed by atoms with van der Waals surface area (Å²) in [6, 6.07) is 3.95. The van der Waals surface area contributed by atoms with Crippen LogP contribution in [0.2, 0.25) is 0 Å². The molecule has 96 valence electrons. The van der Waals surface area contributed by atoms with Gasteiger partial charge in [0, 0.05) is 18.6 Å². The summed E-state index contributed by atoms with van der Waals surface area (Å²) >= 11 is 0. The van der Waals surface area contributed by atoms with Gasteiger partial charge in [-0.2, -0.15) is 0 Å². The Morgan fingerprint density at radius 2 is 1.94 bits per heavy atom. The van der Waals surface area contributed by atoms with Gasteiger partial charge in [0.05, 0.1) is 11.0 Å². The number of aromatic amines is 1. The Balaban J connectivity index is 1.87. The largest absolute Gasteiger partial charge is 0.486 e. The van der Waals surface area contributed by atoms with Crippen LogP contribution in [0.4, 0.5) is 0 Å². The summed E-state index contributed by atoms with van der Waals surface area (Å²) in [6.07, 6.45) is 4.67. The zero-order valence-corrected chi connectivity index (χ0v) is 10.7. The van der Waals surface area contributed by atoms with Gasteiger partial charge in [0.2, 0.25) is 0 Å². The van der Waals surface area contributed by atoms with Crippen molar-refractivity contribution in [3.8, 4) is 11.5 Å². The summed E-state index contributed by atoms with van der Waals surface area (Å²) in [4.78, 5) is 7.96. The van der Waals surface area contributed by atoms with Gasteiger partial charge in [-0.3, -0.25) is 0 Å². The first-order valence-electron chi connectivity index (χ1n) is 6.65. The van der Waals surface area contributed by atoms with E-state index >= 15 is 0 Å². The lowest BCUT2D eigenvalue weighted by atomic mass is 10.2. The minimum Gasteiger partial charge on any atom is -0.486 e. The number of nitrogens with zero attached hydrogens (tertiary/aromatic N) is 1. The van der Waals surface area contributed by atoms with Crippen molar-refractivity contribution >= 4 is 11.0 Å². The molecule has 0 saturated heterocycles. The Hall–Kier alpha value is -1.71. The number of hydrogen-bond acceptors (Lipinski definition) is 3. The fourth-order valence-electron chi connectivity index (χ4n) is 2.26. The molecule has 0 aliphatic carbocycles. The molecule has 2 heterocycles. The number of benzene rings is 1. The molecular formula is C14H18N2O2. The first kappa shape index (κ1) is 11.4. The lowest BCUT2D eigenvalue weighted by Gasteiger charge is -2.17. The molecule has 3 rings (SSSR count). The first-order chi connectivity index (χ1) is 8.86. The SMILES string of the molecule is CCCCCc1nc2cc3c(cc2[nH]1)OCCO3. The highest BCUT2D eigenvalue weighted by Gasteiger charge is 2.14. The van der Waals surface area contributed by atoms with Crippen LogP contribution in [-0.4, -0.2) is 23.2 Å². The Labute approximate surface area is 106 Å². The molecule has 0 amide bonds. The molecule has 0 spiro atoms. The van der Waals surface area contributed by atoms with Crippen molar-refractivity contribution in [1.29, 1.82) is 0 Å². The fourth-order valence-corrected chi connectivity index (χ4v) is 2.26. The number of nitrogens with one attached hydrogen (secondary N) is 1. The van der Waals surface area contributed by atoms with Crippen LogP contribution in [0.3, 0.4) is 0 Å². The van der Waals surface area contributed by atoms with Gasteiger partial charge >= 0.3 is 0 Å². The van der Waals surface area contributed by atoms with E-state index in [2.05, 4.69) is 16.9 Å². The zero-order chi connectivity index (χ0) is 12.4. The van der Waals surface area contributed by atoms with E-state index in [0.717, 1.165) is 34.8 Å². The van der Waals surface area contributed by atoms with Crippen LogP contribution in [0.1, 0.15) is 32.0 Å². The van der Waals surface area contributed by atoms with E-state index in [0.29, 0.717) is 13.2 Å². The second-order valence-electron chi connectivity index (χ2n) is 4.65. The highest BCUT2D eigenvalue weighted by molar-refractivity contribution is 5.79. The van der Waals surface area contributed by atoms with Gasteiger partial charge in [-0.05, 0) is 6.42 Å².